The molecule has 0 saturated heterocycles. The molecule has 0 aromatic rings. The molecule has 0 atom stereocenters. The Hall–Kier alpha value is -1.23. The number of carbonyl (C=O) groups is 3. The van der Waals surface area contributed by atoms with Crippen LogP contribution in [0, 0.1) is 0 Å². The Kier molecular flexibility index (Phi) is 8.23. The molecule has 5 heteroatoms. The topological polar surface area (TPSA) is 69.7 Å². The average molecular weight is 272 g/mol. The van der Waals surface area contributed by atoms with Gasteiger partial charge in [0.15, 0.2) is 11.6 Å². The molecule has 0 amide bonds. The van der Waals surface area contributed by atoms with Crippen LogP contribution in [-0.2, 0) is 23.9 Å². The monoisotopic (exact) mass is 272 g/mol. The van der Waals surface area contributed by atoms with Crippen LogP contribution in [0.1, 0.15) is 53.4 Å². The molecule has 0 saturated carbocycles. The lowest BCUT2D eigenvalue weighted by molar-refractivity contribution is -0.180. The summed E-state index contributed by atoms with van der Waals surface area (Å²) >= 11 is 0. The van der Waals surface area contributed by atoms with Crippen molar-refractivity contribution in [3.05, 3.63) is 0 Å². The van der Waals surface area contributed by atoms with E-state index in [0.717, 1.165) is 12.8 Å². The predicted molar refractivity (Wildman–Crippen MR) is 70.8 cm³/mol. The highest BCUT2D eigenvalue weighted by Gasteiger charge is 2.51. The van der Waals surface area contributed by atoms with E-state index in [1.807, 2.05) is 13.8 Å². The number of rotatable bonds is 10. The first-order chi connectivity index (χ1) is 8.93. The standard InChI is InChI=1S/C14H24O5/c1-5-7-9-18-13(17)14(11(3)15,12(4)16)19-10-8-6-2/h5-10H2,1-4H3. The summed E-state index contributed by atoms with van der Waals surface area (Å²) in [6, 6.07) is 0. The smallest absolute Gasteiger partial charge is 0.354 e. The fraction of sp³-hybridized carbons (Fsp3) is 0.786. The van der Waals surface area contributed by atoms with E-state index in [-0.39, 0.29) is 13.2 Å². The van der Waals surface area contributed by atoms with Gasteiger partial charge < -0.3 is 9.47 Å². The van der Waals surface area contributed by atoms with Crippen LogP contribution in [0.3, 0.4) is 0 Å². The minimum absolute atomic E-state index is 0.179. The zero-order valence-corrected chi connectivity index (χ0v) is 12.3. The van der Waals surface area contributed by atoms with E-state index in [1.165, 1.54) is 13.8 Å². The molecule has 110 valence electrons. The minimum Gasteiger partial charge on any atom is -0.463 e. The Morgan fingerprint density at radius 1 is 0.895 bits per heavy atom. The van der Waals surface area contributed by atoms with E-state index >= 15 is 0 Å². The molecule has 0 rings (SSSR count). The van der Waals surface area contributed by atoms with Crippen LogP contribution in [0.25, 0.3) is 0 Å². The van der Waals surface area contributed by atoms with E-state index in [4.69, 9.17) is 9.47 Å². The predicted octanol–water partition coefficient (Wildman–Crippen LogP) is 2.06. The quantitative estimate of drug-likeness (QED) is 0.346. The third kappa shape index (κ3) is 4.74. The molecular weight excluding hydrogens is 248 g/mol. The summed E-state index contributed by atoms with van der Waals surface area (Å²) < 4.78 is 10.3. The molecule has 0 radical (unpaired) electrons. The average Bonchev–Trinajstić information content (AvgIpc) is 2.34. The Morgan fingerprint density at radius 2 is 1.37 bits per heavy atom. The zero-order valence-electron chi connectivity index (χ0n) is 12.3. The summed E-state index contributed by atoms with van der Waals surface area (Å²) in [5.74, 6) is -2.15. The SMILES string of the molecule is CCCCOC(=O)C(OCCCC)(C(C)=O)C(C)=O. The molecule has 0 unspecified atom stereocenters. The zero-order chi connectivity index (χ0) is 14.9. The number of Topliss-reactive ketones (excluding diaryl/α,β-unsaturated/α-hetero) is 2. The van der Waals surface area contributed by atoms with E-state index < -0.39 is 23.1 Å². The van der Waals surface area contributed by atoms with Gasteiger partial charge in [-0.1, -0.05) is 26.7 Å². The Bertz CT molecular complexity index is 308. The van der Waals surface area contributed by atoms with Crippen molar-refractivity contribution in [2.45, 2.75) is 59.0 Å². The van der Waals surface area contributed by atoms with E-state index in [2.05, 4.69) is 0 Å². The molecule has 0 aliphatic rings. The van der Waals surface area contributed by atoms with Crippen LogP contribution in [0.2, 0.25) is 0 Å². The van der Waals surface area contributed by atoms with Gasteiger partial charge in [-0.2, -0.15) is 0 Å². The van der Waals surface area contributed by atoms with Gasteiger partial charge in [0.25, 0.3) is 5.60 Å². The van der Waals surface area contributed by atoms with E-state index in [1.54, 1.807) is 0 Å². The number of ketones is 2. The first kappa shape index (κ1) is 17.8. The van der Waals surface area contributed by atoms with Crippen molar-refractivity contribution in [3.8, 4) is 0 Å². The van der Waals surface area contributed by atoms with Crippen molar-refractivity contribution < 1.29 is 23.9 Å². The van der Waals surface area contributed by atoms with Gasteiger partial charge in [0.2, 0.25) is 0 Å². The molecule has 0 aromatic carbocycles. The van der Waals surface area contributed by atoms with Crippen LogP contribution in [0.4, 0.5) is 0 Å². The number of ether oxygens (including phenoxy) is 2. The van der Waals surface area contributed by atoms with Gasteiger partial charge in [-0.25, -0.2) is 4.79 Å². The molecule has 0 spiro atoms. The highest BCUT2D eigenvalue weighted by atomic mass is 16.6. The summed E-state index contributed by atoms with van der Waals surface area (Å²) in [6.07, 6.45) is 3.06. The second kappa shape index (κ2) is 8.80. The molecule has 0 N–H and O–H groups in total. The first-order valence-electron chi connectivity index (χ1n) is 6.76. The van der Waals surface area contributed by atoms with Crippen molar-refractivity contribution in [2.24, 2.45) is 0 Å². The van der Waals surface area contributed by atoms with E-state index in [9.17, 15) is 14.4 Å². The van der Waals surface area contributed by atoms with Crippen molar-refractivity contribution in [3.63, 3.8) is 0 Å². The minimum atomic E-state index is -2.08. The molecular formula is C14H24O5. The molecule has 0 aliphatic carbocycles. The van der Waals surface area contributed by atoms with Crippen molar-refractivity contribution >= 4 is 17.5 Å². The molecule has 0 bridgehead atoms. The molecule has 5 nitrogen and oxygen atoms in total. The highest BCUT2D eigenvalue weighted by molar-refractivity contribution is 6.25. The first-order valence-corrected chi connectivity index (χ1v) is 6.76. The van der Waals surface area contributed by atoms with E-state index in [0.29, 0.717) is 12.8 Å². The van der Waals surface area contributed by atoms with Crippen LogP contribution < -0.4 is 0 Å². The molecule has 0 heterocycles. The van der Waals surface area contributed by atoms with Gasteiger partial charge in [0, 0.05) is 6.61 Å². The number of hydrogen-bond donors (Lipinski definition) is 0. The Balaban J connectivity index is 4.95. The number of carbonyl (C=O) groups excluding carboxylic acids is 3. The van der Waals surface area contributed by atoms with Gasteiger partial charge in [0.05, 0.1) is 6.61 Å². The summed E-state index contributed by atoms with van der Waals surface area (Å²) in [5.41, 5.74) is -2.08. The fourth-order valence-electron chi connectivity index (χ4n) is 1.58. The second-order valence-corrected chi connectivity index (χ2v) is 4.49. The fourth-order valence-corrected chi connectivity index (χ4v) is 1.58. The van der Waals surface area contributed by atoms with Crippen LogP contribution in [-0.4, -0.2) is 36.4 Å². The molecule has 0 fully saturated rings. The number of unbranched alkanes of at least 4 members (excludes halogenated alkanes) is 2. The van der Waals surface area contributed by atoms with Crippen LogP contribution in [0.5, 0.6) is 0 Å². The normalized spacial score (nSPS) is 11.2. The molecule has 19 heavy (non-hydrogen) atoms. The third-order valence-corrected chi connectivity index (χ3v) is 2.83. The van der Waals surface area contributed by atoms with Gasteiger partial charge in [0.1, 0.15) is 0 Å². The van der Waals surface area contributed by atoms with Gasteiger partial charge in [-0.3, -0.25) is 9.59 Å². The Labute approximate surface area is 114 Å². The van der Waals surface area contributed by atoms with Gasteiger partial charge in [-0.15, -0.1) is 0 Å². The second-order valence-electron chi connectivity index (χ2n) is 4.49. The van der Waals surface area contributed by atoms with Crippen molar-refractivity contribution in [1.29, 1.82) is 0 Å². The lowest BCUT2D eigenvalue weighted by Crippen LogP contribution is -2.55. The lowest BCUT2D eigenvalue weighted by Gasteiger charge is -2.26. The largest absolute Gasteiger partial charge is 0.463 e. The summed E-state index contributed by atoms with van der Waals surface area (Å²) in [6.45, 7) is 6.62. The summed E-state index contributed by atoms with van der Waals surface area (Å²) in [7, 11) is 0. The highest BCUT2D eigenvalue weighted by Crippen LogP contribution is 2.18. The maximum absolute atomic E-state index is 12.0. The molecule has 0 aromatic heterocycles. The maximum Gasteiger partial charge on any atom is 0.354 e. The van der Waals surface area contributed by atoms with Crippen LogP contribution >= 0.6 is 0 Å². The number of hydrogen-bond acceptors (Lipinski definition) is 5. The van der Waals surface area contributed by atoms with Gasteiger partial charge >= 0.3 is 5.97 Å². The van der Waals surface area contributed by atoms with Crippen molar-refractivity contribution in [2.75, 3.05) is 13.2 Å². The van der Waals surface area contributed by atoms with Gasteiger partial charge in [-0.05, 0) is 26.7 Å². The van der Waals surface area contributed by atoms with Crippen molar-refractivity contribution in [1.82, 2.24) is 0 Å². The lowest BCUT2D eigenvalue weighted by atomic mass is 9.94. The summed E-state index contributed by atoms with van der Waals surface area (Å²) in [4.78, 5) is 35.5. The summed E-state index contributed by atoms with van der Waals surface area (Å²) in [5, 5.41) is 0. The molecule has 0 aliphatic heterocycles. The van der Waals surface area contributed by atoms with Crippen LogP contribution in [0.15, 0.2) is 0 Å². The third-order valence-electron chi connectivity index (χ3n) is 2.83. The Morgan fingerprint density at radius 3 is 1.79 bits per heavy atom. The maximum atomic E-state index is 12.0. The number of esters is 1.